The average Bonchev–Trinajstić information content (AvgIpc) is 2.77. The van der Waals surface area contributed by atoms with Gasteiger partial charge in [0.1, 0.15) is 10.7 Å². The van der Waals surface area contributed by atoms with Crippen LogP contribution in [0.15, 0.2) is 4.79 Å². The third-order valence-electron chi connectivity index (χ3n) is 4.84. The minimum atomic E-state index is -0.873. The van der Waals surface area contributed by atoms with E-state index in [9.17, 15) is 14.4 Å². The molecule has 0 aliphatic carbocycles. The van der Waals surface area contributed by atoms with Gasteiger partial charge in [-0.3, -0.25) is 19.0 Å². The molecule has 1 N–H and O–H groups in total. The molecule has 3 heterocycles. The zero-order valence-electron chi connectivity index (χ0n) is 15.1. The van der Waals surface area contributed by atoms with Crippen molar-refractivity contribution in [2.45, 2.75) is 52.0 Å². The Morgan fingerprint density at radius 1 is 1.31 bits per heavy atom. The Bertz CT molecular complexity index is 915. The number of thiophene rings is 1. The standard InChI is InChI=1S/C18H23N3O4S/c1-11-14-16(19-12-7-4-3-5-10-21(12)17(14)24)26-15(11)18(25)20(2)9-6-8-13(22)23/h3-10H2,1-2H3,(H,22,23). The molecular weight excluding hydrogens is 354 g/mol. The Morgan fingerprint density at radius 3 is 2.81 bits per heavy atom. The first-order chi connectivity index (χ1) is 12.4. The van der Waals surface area contributed by atoms with E-state index >= 15 is 0 Å². The van der Waals surface area contributed by atoms with E-state index in [1.807, 2.05) is 0 Å². The van der Waals surface area contributed by atoms with Crippen LogP contribution >= 0.6 is 11.3 Å². The molecule has 0 fully saturated rings. The molecule has 1 aliphatic heterocycles. The molecule has 2 aromatic heterocycles. The maximum atomic E-state index is 12.9. The third kappa shape index (κ3) is 3.51. The molecule has 8 heteroatoms. The Morgan fingerprint density at radius 2 is 2.08 bits per heavy atom. The minimum absolute atomic E-state index is 0.0264. The van der Waals surface area contributed by atoms with Crippen molar-refractivity contribution < 1.29 is 14.7 Å². The van der Waals surface area contributed by atoms with Crippen LogP contribution in [-0.2, 0) is 17.8 Å². The average molecular weight is 377 g/mol. The Balaban J connectivity index is 1.94. The number of aryl methyl sites for hydroxylation is 2. The topological polar surface area (TPSA) is 92.5 Å². The molecule has 7 nitrogen and oxygen atoms in total. The number of rotatable bonds is 5. The van der Waals surface area contributed by atoms with Crippen molar-refractivity contribution >= 4 is 33.4 Å². The van der Waals surface area contributed by atoms with Gasteiger partial charge < -0.3 is 10.0 Å². The summed E-state index contributed by atoms with van der Waals surface area (Å²) in [5.41, 5.74) is 0.630. The van der Waals surface area contributed by atoms with Crippen molar-refractivity contribution in [3.8, 4) is 0 Å². The predicted molar refractivity (Wildman–Crippen MR) is 100 cm³/mol. The summed E-state index contributed by atoms with van der Waals surface area (Å²) in [6.45, 7) is 2.84. The van der Waals surface area contributed by atoms with Gasteiger partial charge >= 0.3 is 5.97 Å². The number of nitrogens with zero attached hydrogens (tertiary/aromatic N) is 3. The Hall–Kier alpha value is -2.22. The molecule has 0 aromatic carbocycles. The largest absolute Gasteiger partial charge is 0.481 e. The summed E-state index contributed by atoms with van der Waals surface area (Å²) in [7, 11) is 1.66. The SMILES string of the molecule is Cc1c(C(=O)N(C)CCCC(=O)O)sc2nc3n(c(=O)c12)CCCCC3. The van der Waals surface area contributed by atoms with Crippen molar-refractivity contribution in [2.75, 3.05) is 13.6 Å². The number of carboxylic acids is 1. The molecule has 0 unspecified atom stereocenters. The number of aliphatic carboxylic acids is 1. The van der Waals surface area contributed by atoms with Gasteiger partial charge in [0.2, 0.25) is 0 Å². The van der Waals surface area contributed by atoms with Gasteiger partial charge in [-0.1, -0.05) is 6.42 Å². The Kier molecular flexibility index (Phi) is 5.41. The summed E-state index contributed by atoms with van der Waals surface area (Å²) in [4.78, 5) is 43.7. The lowest BCUT2D eigenvalue weighted by molar-refractivity contribution is -0.137. The highest BCUT2D eigenvalue weighted by Gasteiger charge is 2.23. The van der Waals surface area contributed by atoms with E-state index < -0.39 is 5.97 Å². The normalized spacial score (nSPS) is 14.1. The molecule has 0 radical (unpaired) electrons. The summed E-state index contributed by atoms with van der Waals surface area (Å²) in [5.74, 6) is -0.242. The second kappa shape index (κ2) is 7.57. The van der Waals surface area contributed by atoms with Gasteiger partial charge in [-0.15, -0.1) is 11.3 Å². The molecule has 1 aliphatic rings. The van der Waals surface area contributed by atoms with Crippen molar-refractivity contribution in [3.05, 3.63) is 26.6 Å². The van der Waals surface area contributed by atoms with Crippen LogP contribution in [0.2, 0.25) is 0 Å². The number of amides is 1. The predicted octanol–water partition coefficient (Wildman–Crippen LogP) is 2.43. The second-order valence-electron chi connectivity index (χ2n) is 6.76. The highest BCUT2D eigenvalue weighted by Crippen LogP contribution is 2.29. The fourth-order valence-corrected chi connectivity index (χ4v) is 4.54. The molecule has 1 amide bonds. The summed E-state index contributed by atoms with van der Waals surface area (Å²) >= 11 is 1.26. The molecule has 0 saturated carbocycles. The van der Waals surface area contributed by atoms with Crippen molar-refractivity contribution in [1.82, 2.24) is 14.5 Å². The molecular formula is C18H23N3O4S. The Labute approximate surface area is 155 Å². The summed E-state index contributed by atoms with van der Waals surface area (Å²) in [6.07, 6.45) is 4.32. The van der Waals surface area contributed by atoms with Crippen molar-refractivity contribution in [2.24, 2.45) is 0 Å². The lowest BCUT2D eigenvalue weighted by Crippen LogP contribution is -2.28. The van der Waals surface area contributed by atoms with Crippen molar-refractivity contribution in [3.63, 3.8) is 0 Å². The van der Waals surface area contributed by atoms with Gasteiger partial charge in [0.25, 0.3) is 11.5 Å². The third-order valence-corrected chi connectivity index (χ3v) is 6.01. The molecule has 2 aromatic rings. The van der Waals surface area contributed by atoms with Crippen LogP contribution in [-0.4, -0.2) is 45.0 Å². The van der Waals surface area contributed by atoms with Gasteiger partial charge in [-0.25, -0.2) is 4.98 Å². The van der Waals surface area contributed by atoms with Crippen LogP contribution in [0.4, 0.5) is 0 Å². The van der Waals surface area contributed by atoms with Crippen LogP contribution in [0, 0.1) is 6.92 Å². The van der Waals surface area contributed by atoms with E-state index in [4.69, 9.17) is 5.11 Å². The lowest BCUT2D eigenvalue weighted by Gasteiger charge is -2.16. The summed E-state index contributed by atoms with van der Waals surface area (Å²) < 4.78 is 1.76. The molecule has 3 rings (SSSR count). The van der Waals surface area contributed by atoms with E-state index in [-0.39, 0.29) is 17.9 Å². The van der Waals surface area contributed by atoms with E-state index in [2.05, 4.69) is 4.98 Å². The smallest absolute Gasteiger partial charge is 0.303 e. The molecule has 0 spiro atoms. The first kappa shape index (κ1) is 18.6. The fraction of sp³-hybridized carbons (Fsp3) is 0.556. The van der Waals surface area contributed by atoms with Crippen LogP contribution in [0.5, 0.6) is 0 Å². The summed E-state index contributed by atoms with van der Waals surface area (Å²) in [6, 6.07) is 0. The quantitative estimate of drug-likeness (QED) is 0.864. The van der Waals surface area contributed by atoms with Gasteiger partial charge in [0.15, 0.2) is 0 Å². The second-order valence-corrected chi connectivity index (χ2v) is 7.75. The molecule has 26 heavy (non-hydrogen) atoms. The van der Waals surface area contributed by atoms with Crippen LogP contribution in [0.25, 0.3) is 10.2 Å². The van der Waals surface area contributed by atoms with Gasteiger partial charge in [-0.05, 0) is 31.7 Å². The fourth-order valence-electron chi connectivity index (χ4n) is 3.36. The number of carboxylic acid groups (broad SMARTS) is 1. The zero-order chi connectivity index (χ0) is 18.8. The van der Waals surface area contributed by atoms with E-state index in [0.29, 0.717) is 40.2 Å². The number of hydrogen-bond acceptors (Lipinski definition) is 5. The molecule has 0 bridgehead atoms. The maximum Gasteiger partial charge on any atom is 0.303 e. The van der Waals surface area contributed by atoms with Crippen LogP contribution in [0.3, 0.4) is 0 Å². The first-order valence-electron chi connectivity index (χ1n) is 8.90. The van der Waals surface area contributed by atoms with Gasteiger partial charge in [0.05, 0.1) is 10.3 Å². The monoisotopic (exact) mass is 377 g/mol. The molecule has 0 atom stereocenters. The number of hydrogen-bond donors (Lipinski definition) is 1. The number of aromatic nitrogens is 2. The molecule has 140 valence electrons. The highest BCUT2D eigenvalue weighted by atomic mass is 32.1. The number of carbonyl (C=O) groups is 2. The zero-order valence-corrected chi connectivity index (χ0v) is 15.9. The van der Waals surface area contributed by atoms with E-state index in [1.165, 1.54) is 16.2 Å². The highest BCUT2D eigenvalue weighted by molar-refractivity contribution is 7.20. The molecule has 0 saturated heterocycles. The summed E-state index contributed by atoms with van der Waals surface area (Å²) in [5, 5.41) is 9.27. The van der Waals surface area contributed by atoms with Crippen molar-refractivity contribution in [1.29, 1.82) is 0 Å². The van der Waals surface area contributed by atoms with E-state index in [0.717, 1.165) is 31.5 Å². The maximum absolute atomic E-state index is 12.9. The van der Waals surface area contributed by atoms with Crippen LogP contribution < -0.4 is 5.56 Å². The van der Waals surface area contributed by atoms with Gasteiger partial charge in [-0.2, -0.15) is 0 Å². The first-order valence-corrected chi connectivity index (χ1v) is 9.72. The number of fused-ring (bicyclic) bond motifs is 2. The van der Waals surface area contributed by atoms with Gasteiger partial charge in [0, 0.05) is 33.0 Å². The minimum Gasteiger partial charge on any atom is -0.481 e. The van der Waals surface area contributed by atoms with Crippen LogP contribution in [0.1, 0.15) is 53.2 Å². The van der Waals surface area contributed by atoms with E-state index in [1.54, 1.807) is 18.5 Å². The lowest BCUT2D eigenvalue weighted by atomic mass is 10.2. The number of carbonyl (C=O) groups excluding carboxylic acids is 1.